The Balaban J connectivity index is 2.20. The lowest BCUT2D eigenvalue weighted by Crippen LogP contribution is -2.27. The highest BCUT2D eigenvalue weighted by molar-refractivity contribution is 9.10. The summed E-state index contributed by atoms with van der Waals surface area (Å²) in [6, 6.07) is 2.16. The van der Waals surface area contributed by atoms with Crippen molar-refractivity contribution in [2.24, 2.45) is 17.6 Å². The van der Waals surface area contributed by atoms with Crippen LogP contribution in [-0.4, -0.2) is 6.54 Å². The lowest BCUT2D eigenvalue weighted by Gasteiger charge is -2.34. The average molecular weight is 288 g/mol. The van der Waals surface area contributed by atoms with Crippen LogP contribution >= 0.6 is 27.3 Å². The molecule has 1 saturated carbocycles. The second-order valence-electron chi connectivity index (χ2n) is 4.65. The predicted octanol–water partition coefficient (Wildman–Crippen LogP) is 3.99. The molecule has 84 valence electrons. The molecule has 2 N–H and O–H groups in total. The lowest BCUT2D eigenvalue weighted by atomic mass is 9.74. The molecule has 1 aromatic rings. The summed E-state index contributed by atoms with van der Waals surface area (Å²) in [5.74, 6) is 2.23. The van der Waals surface area contributed by atoms with Crippen molar-refractivity contribution in [3.8, 4) is 0 Å². The Kier molecular flexibility index (Phi) is 3.86. The molecule has 3 atom stereocenters. The van der Waals surface area contributed by atoms with Gasteiger partial charge in [-0.25, -0.2) is 0 Å². The second-order valence-corrected chi connectivity index (χ2v) is 6.46. The van der Waals surface area contributed by atoms with Crippen molar-refractivity contribution in [1.29, 1.82) is 0 Å². The summed E-state index contributed by atoms with van der Waals surface area (Å²) >= 11 is 5.52. The van der Waals surface area contributed by atoms with Crippen molar-refractivity contribution in [2.75, 3.05) is 6.54 Å². The molecule has 1 nitrogen and oxygen atoms in total. The maximum atomic E-state index is 5.88. The van der Waals surface area contributed by atoms with Gasteiger partial charge in [0.2, 0.25) is 0 Å². The van der Waals surface area contributed by atoms with Crippen LogP contribution in [0.15, 0.2) is 15.9 Å². The smallest absolute Gasteiger partial charge is 0.0317 e. The molecule has 0 amide bonds. The highest BCUT2D eigenvalue weighted by Crippen LogP contribution is 2.44. The molecule has 3 unspecified atom stereocenters. The fraction of sp³-hybridized carbons (Fsp3) is 0.667. The van der Waals surface area contributed by atoms with Gasteiger partial charge in [0.15, 0.2) is 0 Å². The van der Waals surface area contributed by atoms with E-state index in [1.165, 1.54) is 28.6 Å². The summed E-state index contributed by atoms with van der Waals surface area (Å²) in [7, 11) is 0. The fourth-order valence-corrected chi connectivity index (χ4v) is 4.49. The Bertz CT molecular complexity index is 323. The van der Waals surface area contributed by atoms with Crippen LogP contribution in [-0.2, 0) is 0 Å². The maximum absolute atomic E-state index is 5.88. The van der Waals surface area contributed by atoms with Crippen LogP contribution in [0.1, 0.15) is 37.0 Å². The summed E-state index contributed by atoms with van der Waals surface area (Å²) in [6.07, 6.45) is 3.95. The predicted molar refractivity (Wildman–Crippen MR) is 70.3 cm³/mol. The van der Waals surface area contributed by atoms with Crippen LogP contribution in [0.2, 0.25) is 0 Å². The summed E-state index contributed by atoms with van der Waals surface area (Å²) < 4.78 is 1.28. The fourth-order valence-electron chi connectivity index (χ4n) is 2.62. The van der Waals surface area contributed by atoms with Crippen molar-refractivity contribution in [3.05, 3.63) is 20.8 Å². The first kappa shape index (κ1) is 11.6. The minimum absolute atomic E-state index is 0.688. The number of nitrogens with two attached hydrogens (primary N) is 1. The zero-order valence-electron chi connectivity index (χ0n) is 9.08. The van der Waals surface area contributed by atoms with Gasteiger partial charge < -0.3 is 5.73 Å². The minimum atomic E-state index is 0.688. The first-order valence-electron chi connectivity index (χ1n) is 5.65. The summed E-state index contributed by atoms with van der Waals surface area (Å²) in [5.41, 5.74) is 5.88. The summed E-state index contributed by atoms with van der Waals surface area (Å²) in [6.45, 7) is 3.20. The van der Waals surface area contributed by atoms with Gasteiger partial charge in [0.1, 0.15) is 0 Å². The molecule has 0 saturated heterocycles. The van der Waals surface area contributed by atoms with Gasteiger partial charge >= 0.3 is 0 Å². The standard InChI is InChI=1S/C12H18BrNS/c1-8-2-3-9(7-14)10(6-8)12-11(13)4-5-15-12/h4-5,8-10H,2-3,6-7,14H2,1H3. The monoisotopic (exact) mass is 287 g/mol. The van der Waals surface area contributed by atoms with E-state index in [0.29, 0.717) is 11.8 Å². The Morgan fingerprint density at radius 1 is 1.53 bits per heavy atom. The van der Waals surface area contributed by atoms with Gasteiger partial charge in [-0.15, -0.1) is 11.3 Å². The van der Waals surface area contributed by atoms with Crippen LogP contribution in [0, 0.1) is 11.8 Å². The molecule has 3 heteroatoms. The number of halogens is 1. The highest BCUT2D eigenvalue weighted by Gasteiger charge is 2.30. The first-order chi connectivity index (χ1) is 7.22. The van der Waals surface area contributed by atoms with Gasteiger partial charge in [0, 0.05) is 9.35 Å². The summed E-state index contributed by atoms with van der Waals surface area (Å²) in [4.78, 5) is 1.51. The third-order valence-corrected chi connectivity index (χ3v) is 5.54. The molecule has 1 fully saturated rings. The molecule has 0 aromatic carbocycles. The Labute approximate surface area is 104 Å². The van der Waals surface area contributed by atoms with Crippen molar-refractivity contribution >= 4 is 27.3 Å². The zero-order valence-corrected chi connectivity index (χ0v) is 11.5. The third kappa shape index (κ3) is 2.45. The Hall–Kier alpha value is 0.140. The van der Waals surface area contributed by atoms with E-state index in [-0.39, 0.29) is 0 Å². The molecule has 1 heterocycles. The molecule has 1 aromatic heterocycles. The lowest BCUT2D eigenvalue weighted by molar-refractivity contribution is 0.256. The normalized spacial score (nSPS) is 31.8. The molecule has 15 heavy (non-hydrogen) atoms. The Morgan fingerprint density at radius 2 is 2.33 bits per heavy atom. The highest BCUT2D eigenvalue weighted by atomic mass is 79.9. The zero-order chi connectivity index (χ0) is 10.8. The van der Waals surface area contributed by atoms with E-state index in [4.69, 9.17) is 5.73 Å². The number of thiophene rings is 1. The van der Waals surface area contributed by atoms with Crippen LogP contribution in [0.25, 0.3) is 0 Å². The third-order valence-electron chi connectivity index (χ3n) is 3.54. The molecule has 0 aliphatic heterocycles. The van der Waals surface area contributed by atoms with Gasteiger partial charge in [0.25, 0.3) is 0 Å². The molecular formula is C12H18BrNS. The van der Waals surface area contributed by atoms with Gasteiger partial charge in [-0.3, -0.25) is 0 Å². The van der Waals surface area contributed by atoms with E-state index >= 15 is 0 Å². The van der Waals surface area contributed by atoms with Crippen molar-refractivity contribution in [3.63, 3.8) is 0 Å². The van der Waals surface area contributed by atoms with Gasteiger partial charge in [-0.1, -0.05) is 13.3 Å². The topological polar surface area (TPSA) is 26.0 Å². The molecule has 0 spiro atoms. The van der Waals surface area contributed by atoms with Crippen LogP contribution in [0.4, 0.5) is 0 Å². The molecule has 2 rings (SSSR count). The maximum Gasteiger partial charge on any atom is 0.0317 e. The van der Waals surface area contributed by atoms with Crippen molar-refractivity contribution in [1.82, 2.24) is 0 Å². The van der Waals surface area contributed by atoms with E-state index in [2.05, 4.69) is 34.3 Å². The minimum Gasteiger partial charge on any atom is -0.330 e. The quantitative estimate of drug-likeness (QED) is 0.875. The number of hydrogen-bond donors (Lipinski definition) is 1. The van der Waals surface area contributed by atoms with E-state index in [1.54, 1.807) is 0 Å². The van der Waals surface area contributed by atoms with E-state index in [9.17, 15) is 0 Å². The van der Waals surface area contributed by atoms with Crippen molar-refractivity contribution < 1.29 is 0 Å². The Morgan fingerprint density at radius 3 is 2.93 bits per heavy atom. The van der Waals surface area contributed by atoms with Gasteiger partial charge in [-0.2, -0.15) is 0 Å². The summed E-state index contributed by atoms with van der Waals surface area (Å²) in [5, 5.41) is 2.17. The SMILES string of the molecule is CC1CCC(CN)C(c2sccc2Br)C1. The van der Waals surface area contributed by atoms with Gasteiger partial charge in [-0.05, 0) is 64.5 Å². The molecule has 1 aliphatic rings. The van der Waals surface area contributed by atoms with E-state index < -0.39 is 0 Å². The van der Waals surface area contributed by atoms with Gasteiger partial charge in [0.05, 0.1) is 0 Å². The van der Waals surface area contributed by atoms with E-state index in [1.807, 2.05) is 11.3 Å². The average Bonchev–Trinajstić information content (AvgIpc) is 2.64. The molecular weight excluding hydrogens is 270 g/mol. The van der Waals surface area contributed by atoms with Crippen molar-refractivity contribution in [2.45, 2.75) is 32.1 Å². The largest absolute Gasteiger partial charge is 0.330 e. The second kappa shape index (κ2) is 4.98. The van der Waals surface area contributed by atoms with E-state index in [0.717, 1.165) is 12.5 Å². The molecule has 0 radical (unpaired) electrons. The molecule has 1 aliphatic carbocycles. The van der Waals surface area contributed by atoms with Crippen LogP contribution in [0.5, 0.6) is 0 Å². The number of hydrogen-bond acceptors (Lipinski definition) is 2. The van der Waals surface area contributed by atoms with Crippen LogP contribution < -0.4 is 5.73 Å². The number of rotatable bonds is 2. The molecule has 0 bridgehead atoms. The first-order valence-corrected chi connectivity index (χ1v) is 7.32. The van der Waals surface area contributed by atoms with Crippen LogP contribution in [0.3, 0.4) is 0 Å².